The minimum atomic E-state index is -4.37. The number of aromatic nitrogens is 3. The Bertz CT molecular complexity index is 938. The first kappa shape index (κ1) is 28.4. The van der Waals surface area contributed by atoms with Crippen molar-refractivity contribution in [3.63, 3.8) is 0 Å². The molecular formula is C23H32F3N5OS. The molecule has 0 aliphatic heterocycles. The molecule has 2 heterocycles. The van der Waals surface area contributed by atoms with Gasteiger partial charge in [0.2, 0.25) is 5.95 Å². The first-order valence-corrected chi connectivity index (χ1v) is 11.4. The fourth-order valence-corrected chi connectivity index (χ4v) is 4.20. The Balaban J connectivity index is 0.00000265. The number of rotatable bonds is 10. The predicted octanol–water partition coefficient (Wildman–Crippen LogP) is 5.68. The number of nitrogens with one attached hydrogen (secondary N) is 2. The highest BCUT2D eigenvalue weighted by molar-refractivity contribution is 7.15. The fraction of sp³-hybridized carbons (Fsp3) is 0.522. The van der Waals surface area contributed by atoms with Crippen LogP contribution in [-0.4, -0.2) is 45.4 Å². The van der Waals surface area contributed by atoms with Crippen molar-refractivity contribution in [3.05, 3.63) is 22.3 Å². The molecule has 182 valence electrons. The summed E-state index contributed by atoms with van der Waals surface area (Å²) < 4.78 is 37.9. The Morgan fingerprint density at radius 3 is 2.36 bits per heavy atom. The molecule has 0 saturated heterocycles. The van der Waals surface area contributed by atoms with Crippen LogP contribution in [0.3, 0.4) is 0 Å². The smallest absolute Gasteiger partial charge is 0.393 e. The zero-order valence-electron chi connectivity index (χ0n) is 19.6. The van der Waals surface area contributed by atoms with Gasteiger partial charge in [-0.05, 0) is 46.1 Å². The summed E-state index contributed by atoms with van der Waals surface area (Å²) in [6.07, 6.45) is 8.52. The van der Waals surface area contributed by atoms with Gasteiger partial charge in [0.05, 0.1) is 23.1 Å². The number of halogens is 3. The van der Waals surface area contributed by atoms with Gasteiger partial charge < -0.3 is 15.7 Å². The maximum atomic E-state index is 12.6. The maximum Gasteiger partial charge on any atom is 0.405 e. The molecule has 0 aromatic carbocycles. The standard InChI is InChI=1S/C21H30F3N5OS.C2H2/c1-6-8-16-14(5)31-19(28-16)17-12(3)27-20(26-11-21(22,23)24)29-18(17)25-10-9-15(7-2)13(4)30;1-2/h6,8,13,15,30H,7,9-11H2,1-5H3,(H2,25,26,27,29);1-2H/b8-6-;. The van der Waals surface area contributed by atoms with E-state index >= 15 is 0 Å². The van der Waals surface area contributed by atoms with Gasteiger partial charge in [-0.15, -0.1) is 24.2 Å². The highest BCUT2D eigenvalue weighted by Gasteiger charge is 2.28. The van der Waals surface area contributed by atoms with Crippen molar-refractivity contribution in [2.24, 2.45) is 5.92 Å². The van der Waals surface area contributed by atoms with Gasteiger partial charge in [0.15, 0.2) is 0 Å². The summed E-state index contributed by atoms with van der Waals surface area (Å²) in [5.74, 6) is 0.453. The van der Waals surface area contributed by atoms with Crippen LogP contribution in [-0.2, 0) is 0 Å². The van der Waals surface area contributed by atoms with E-state index in [1.54, 1.807) is 13.8 Å². The highest BCUT2D eigenvalue weighted by Crippen LogP contribution is 2.35. The molecule has 2 aromatic rings. The molecule has 6 nitrogen and oxygen atoms in total. The topological polar surface area (TPSA) is 83.0 Å². The average Bonchev–Trinajstić information content (AvgIpc) is 3.10. The third-order valence-electron chi connectivity index (χ3n) is 4.92. The molecular weight excluding hydrogens is 451 g/mol. The molecule has 0 aliphatic rings. The number of hydrogen-bond donors (Lipinski definition) is 3. The molecule has 0 bridgehead atoms. The van der Waals surface area contributed by atoms with Crippen LogP contribution in [0.25, 0.3) is 16.6 Å². The van der Waals surface area contributed by atoms with Gasteiger partial charge in [0.25, 0.3) is 0 Å². The number of terminal acetylenes is 1. The summed E-state index contributed by atoms with van der Waals surface area (Å²) >= 11 is 1.49. The molecule has 10 heteroatoms. The Labute approximate surface area is 197 Å². The summed E-state index contributed by atoms with van der Waals surface area (Å²) in [5, 5.41) is 16.1. The van der Waals surface area contributed by atoms with E-state index in [9.17, 15) is 18.3 Å². The Morgan fingerprint density at radius 2 is 1.82 bits per heavy atom. The number of anilines is 2. The van der Waals surface area contributed by atoms with Crippen molar-refractivity contribution in [1.82, 2.24) is 15.0 Å². The van der Waals surface area contributed by atoms with Crippen molar-refractivity contribution in [2.75, 3.05) is 23.7 Å². The van der Waals surface area contributed by atoms with E-state index in [4.69, 9.17) is 0 Å². The fourth-order valence-electron chi connectivity index (χ4n) is 3.21. The van der Waals surface area contributed by atoms with Crippen LogP contribution in [0.15, 0.2) is 6.08 Å². The van der Waals surface area contributed by atoms with Gasteiger partial charge in [-0.25, -0.2) is 9.97 Å². The molecule has 33 heavy (non-hydrogen) atoms. The summed E-state index contributed by atoms with van der Waals surface area (Å²) in [6, 6.07) is 0. The average molecular weight is 484 g/mol. The Kier molecular flexibility index (Phi) is 11.3. The van der Waals surface area contributed by atoms with E-state index in [0.717, 1.165) is 17.0 Å². The zero-order valence-corrected chi connectivity index (χ0v) is 20.4. The number of thiazole rings is 1. The van der Waals surface area contributed by atoms with Crippen molar-refractivity contribution in [1.29, 1.82) is 0 Å². The van der Waals surface area contributed by atoms with Gasteiger partial charge in [-0.2, -0.15) is 18.2 Å². The molecule has 2 atom stereocenters. The lowest BCUT2D eigenvalue weighted by molar-refractivity contribution is -0.115. The van der Waals surface area contributed by atoms with Crippen LogP contribution in [0.4, 0.5) is 24.9 Å². The highest BCUT2D eigenvalue weighted by atomic mass is 32.1. The molecule has 3 N–H and O–H groups in total. The second kappa shape index (κ2) is 13.2. The first-order valence-electron chi connectivity index (χ1n) is 10.6. The molecule has 2 rings (SSSR count). The third-order valence-corrected chi connectivity index (χ3v) is 5.93. The van der Waals surface area contributed by atoms with Crippen molar-refractivity contribution >= 4 is 29.2 Å². The van der Waals surface area contributed by atoms with E-state index in [0.29, 0.717) is 35.0 Å². The summed E-state index contributed by atoms with van der Waals surface area (Å²) in [6.45, 7) is 8.68. The van der Waals surface area contributed by atoms with Gasteiger partial charge in [-0.3, -0.25) is 0 Å². The van der Waals surface area contributed by atoms with E-state index in [-0.39, 0.29) is 11.9 Å². The molecule has 2 aromatic heterocycles. The van der Waals surface area contributed by atoms with Gasteiger partial charge in [0, 0.05) is 11.4 Å². The number of nitrogens with zero attached hydrogens (tertiary/aromatic N) is 3. The Morgan fingerprint density at radius 1 is 1.15 bits per heavy atom. The largest absolute Gasteiger partial charge is 0.405 e. The molecule has 0 spiro atoms. The van der Waals surface area contributed by atoms with E-state index in [2.05, 4.69) is 38.4 Å². The van der Waals surface area contributed by atoms with E-state index < -0.39 is 18.8 Å². The molecule has 0 amide bonds. The van der Waals surface area contributed by atoms with Crippen molar-refractivity contribution in [3.8, 4) is 23.4 Å². The predicted molar refractivity (Wildman–Crippen MR) is 130 cm³/mol. The maximum absolute atomic E-state index is 12.6. The molecule has 0 radical (unpaired) electrons. The summed E-state index contributed by atoms with van der Waals surface area (Å²) in [7, 11) is 0. The molecule has 0 saturated carbocycles. The van der Waals surface area contributed by atoms with E-state index in [1.807, 2.05) is 32.9 Å². The number of aliphatic hydroxyl groups is 1. The third kappa shape index (κ3) is 8.67. The van der Waals surface area contributed by atoms with Crippen LogP contribution in [0.2, 0.25) is 0 Å². The monoisotopic (exact) mass is 483 g/mol. The first-order chi connectivity index (χ1) is 15.6. The minimum Gasteiger partial charge on any atom is -0.393 e. The van der Waals surface area contributed by atoms with Crippen LogP contribution < -0.4 is 10.6 Å². The van der Waals surface area contributed by atoms with Gasteiger partial charge >= 0.3 is 6.18 Å². The lowest BCUT2D eigenvalue weighted by atomic mass is 9.97. The number of alkyl halides is 3. The zero-order chi connectivity index (χ0) is 25.2. The second-order valence-corrected chi connectivity index (χ2v) is 8.61. The second-order valence-electron chi connectivity index (χ2n) is 7.41. The summed E-state index contributed by atoms with van der Waals surface area (Å²) in [4.78, 5) is 14.2. The lowest BCUT2D eigenvalue weighted by Crippen LogP contribution is -2.23. The quantitative estimate of drug-likeness (QED) is 0.377. The molecule has 2 unspecified atom stereocenters. The van der Waals surface area contributed by atoms with Gasteiger partial charge in [0.1, 0.15) is 17.4 Å². The number of aryl methyl sites for hydroxylation is 2. The molecule has 0 fully saturated rings. The van der Waals surface area contributed by atoms with E-state index in [1.165, 1.54) is 11.3 Å². The number of aliphatic hydroxyl groups excluding tert-OH is 1. The van der Waals surface area contributed by atoms with Gasteiger partial charge in [-0.1, -0.05) is 19.4 Å². The molecule has 0 aliphatic carbocycles. The number of hydrogen-bond acceptors (Lipinski definition) is 7. The summed E-state index contributed by atoms with van der Waals surface area (Å²) in [5.41, 5.74) is 2.05. The van der Waals surface area contributed by atoms with Crippen molar-refractivity contribution in [2.45, 2.75) is 59.7 Å². The number of allylic oxidation sites excluding steroid dienone is 1. The van der Waals surface area contributed by atoms with Crippen LogP contribution in [0.5, 0.6) is 0 Å². The van der Waals surface area contributed by atoms with Crippen LogP contribution in [0.1, 0.15) is 49.9 Å². The Hall–Kier alpha value is -2.64. The van der Waals surface area contributed by atoms with Crippen molar-refractivity contribution < 1.29 is 18.3 Å². The normalized spacial score (nSPS) is 13.3. The lowest BCUT2D eigenvalue weighted by Gasteiger charge is -2.19. The van der Waals surface area contributed by atoms with Crippen LogP contribution >= 0.6 is 11.3 Å². The minimum absolute atomic E-state index is 0.0920. The SMILES string of the molecule is C#C.C/C=C\c1nc(-c2c(C)nc(NCC(F)(F)F)nc2NCCC(CC)C(C)O)sc1C. The van der Waals surface area contributed by atoms with Crippen LogP contribution in [0, 0.1) is 32.6 Å².